The molecule has 6 rings (SSSR count). The fourth-order valence-corrected chi connectivity index (χ4v) is 4.53. The number of nitrogens with zero attached hydrogens (tertiary/aromatic N) is 9. The summed E-state index contributed by atoms with van der Waals surface area (Å²) in [5, 5.41) is 17.0. The molecule has 4 aromatic heterocycles. The number of rotatable bonds is 5. The summed E-state index contributed by atoms with van der Waals surface area (Å²) < 4.78 is 8.46. The Hall–Kier alpha value is -5.00. The van der Waals surface area contributed by atoms with Gasteiger partial charge in [-0.1, -0.05) is 11.3 Å². The summed E-state index contributed by atoms with van der Waals surface area (Å²) in [6, 6.07) is 11.6. The third kappa shape index (κ3) is 3.22. The second kappa shape index (κ2) is 7.77. The zero-order valence-corrected chi connectivity index (χ0v) is 19.7. The lowest BCUT2D eigenvalue weighted by molar-refractivity contribution is -0.137. The fraction of sp³-hybridized carbons (Fsp3) is 0.167. The van der Waals surface area contributed by atoms with Gasteiger partial charge in [-0.25, -0.2) is 19.4 Å². The summed E-state index contributed by atoms with van der Waals surface area (Å²) in [6.45, 7) is -0.265. The number of benzene rings is 2. The van der Waals surface area contributed by atoms with Gasteiger partial charge in [0.15, 0.2) is 5.82 Å². The molecule has 0 radical (unpaired) electrons. The minimum atomic E-state index is -0.991. The molecule has 0 amide bonds. The van der Waals surface area contributed by atoms with Crippen molar-refractivity contribution >= 4 is 28.0 Å². The number of carboxylic acid groups (broad SMARTS) is 1. The van der Waals surface area contributed by atoms with Gasteiger partial charge in [-0.15, -0.1) is 5.10 Å². The SMILES string of the molecule is Cn1cncc1-c1nc2cc(-c3cn(CC(=O)O)nn3)ccc2n1-c1ccc2c(c1)n(C)c(=O)n2C. The number of hydrogen-bond acceptors (Lipinski definition) is 6. The average molecular weight is 483 g/mol. The Balaban J connectivity index is 1.56. The molecular formula is C24H21N9O3. The molecular weight excluding hydrogens is 462 g/mol. The van der Waals surface area contributed by atoms with E-state index in [-0.39, 0.29) is 12.2 Å². The van der Waals surface area contributed by atoms with E-state index in [9.17, 15) is 9.59 Å². The Kier molecular flexibility index (Phi) is 4.64. The molecule has 0 fully saturated rings. The number of aromatic nitrogens is 9. The number of fused-ring (bicyclic) bond motifs is 2. The Morgan fingerprint density at radius 2 is 1.78 bits per heavy atom. The van der Waals surface area contributed by atoms with Gasteiger partial charge < -0.3 is 9.67 Å². The number of hydrogen-bond donors (Lipinski definition) is 1. The second-order valence-corrected chi connectivity index (χ2v) is 8.63. The Morgan fingerprint density at radius 1 is 1.00 bits per heavy atom. The molecule has 12 nitrogen and oxygen atoms in total. The van der Waals surface area contributed by atoms with Crippen molar-refractivity contribution < 1.29 is 9.90 Å². The van der Waals surface area contributed by atoms with Gasteiger partial charge in [-0.3, -0.25) is 18.5 Å². The van der Waals surface area contributed by atoms with E-state index in [1.165, 1.54) is 4.68 Å². The third-order valence-electron chi connectivity index (χ3n) is 6.35. The summed E-state index contributed by atoms with van der Waals surface area (Å²) in [4.78, 5) is 32.7. The van der Waals surface area contributed by atoms with Crippen LogP contribution in [-0.2, 0) is 32.5 Å². The Bertz CT molecular complexity index is 1860. The largest absolute Gasteiger partial charge is 0.480 e. The van der Waals surface area contributed by atoms with Crippen LogP contribution in [0.3, 0.4) is 0 Å². The maximum atomic E-state index is 12.5. The molecule has 12 heteroatoms. The molecule has 4 heterocycles. The Morgan fingerprint density at radius 3 is 2.53 bits per heavy atom. The Labute approximate surface area is 203 Å². The van der Waals surface area contributed by atoms with Crippen molar-refractivity contribution in [1.29, 1.82) is 0 Å². The molecule has 6 aromatic rings. The van der Waals surface area contributed by atoms with Crippen LogP contribution in [0.5, 0.6) is 0 Å². The highest BCUT2D eigenvalue weighted by Gasteiger charge is 2.19. The van der Waals surface area contributed by atoms with Crippen molar-refractivity contribution in [3.63, 3.8) is 0 Å². The van der Waals surface area contributed by atoms with Crippen molar-refractivity contribution in [2.24, 2.45) is 21.1 Å². The first kappa shape index (κ1) is 21.5. The molecule has 180 valence electrons. The molecule has 2 aromatic carbocycles. The molecule has 0 saturated carbocycles. The first-order chi connectivity index (χ1) is 17.3. The smallest absolute Gasteiger partial charge is 0.328 e. The lowest BCUT2D eigenvalue weighted by Crippen LogP contribution is -2.19. The van der Waals surface area contributed by atoms with Gasteiger partial charge in [0.05, 0.1) is 40.8 Å². The molecule has 0 aliphatic heterocycles. The summed E-state index contributed by atoms with van der Waals surface area (Å²) in [5.41, 5.74) is 6.12. The van der Waals surface area contributed by atoms with Crippen LogP contribution in [0.4, 0.5) is 0 Å². The van der Waals surface area contributed by atoms with Crippen molar-refractivity contribution in [2.45, 2.75) is 6.54 Å². The average Bonchev–Trinajstić information content (AvgIpc) is 3.62. The predicted octanol–water partition coefficient (Wildman–Crippen LogP) is 1.96. The molecule has 0 aliphatic carbocycles. The molecule has 0 bridgehead atoms. The summed E-state index contributed by atoms with van der Waals surface area (Å²) in [7, 11) is 5.42. The number of carboxylic acids is 1. The van der Waals surface area contributed by atoms with Gasteiger partial charge in [0.25, 0.3) is 0 Å². The highest BCUT2D eigenvalue weighted by Crippen LogP contribution is 2.31. The second-order valence-electron chi connectivity index (χ2n) is 8.63. The molecule has 1 N–H and O–H groups in total. The standard InChI is InChI=1S/C24H21N9O3/c1-29-13-25-10-21(29)23-26-16-8-14(17-11-32(28-27-17)12-22(34)35)4-6-18(16)33(23)15-5-7-19-20(9-15)31(3)24(36)30(19)2/h4-11,13H,12H2,1-3H3,(H,34,35). The van der Waals surface area contributed by atoms with Crippen LogP contribution in [-0.4, -0.2) is 54.3 Å². The number of aryl methyl sites for hydroxylation is 3. The lowest BCUT2D eigenvalue weighted by Gasteiger charge is -2.10. The van der Waals surface area contributed by atoms with Crippen molar-refractivity contribution in [1.82, 2.24) is 43.2 Å². The van der Waals surface area contributed by atoms with Gasteiger partial charge in [-0.2, -0.15) is 0 Å². The third-order valence-corrected chi connectivity index (χ3v) is 6.35. The normalized spacial score (nSPS) is 11.6. The molecule has 0 saturated heterocycles. The predicted molar refractivity (Wildman–Crippen MR) is 132 cm³/mol. The van der Waals surface area contributed by atoms with Crippen molar-refractivity contribution in [3.8, 4) is 28.5 Å². The maximum absolute atomic E-state index is 12.5. The van der Waals surface area contributed by atoms with Crippen LogP contribution >= 0.6 is 0 Å². The van der Waals surface area contributed by atoms with E-state index in [0.717, 1.165) is 39.0 Å². The first-order valence-electron chi connectivity index (χ1n) is 11.1. The van der Waals surface area contributed by atoms with E-state index in [0.29, 0.717) is 11.5 Å². The number of aliphatic carboxylic acids is 1. The van der Waals surface area contributed by atoms with E-state index in [1.54, 1.807) is 42.0 Å². The zero-order chi connectivity index (χ0) is 25.1. The van der Waals surface area contributed by atoms with Crippen molar-refractivity contribution in [3.05, 3.63) is 65.6 Å². The quantitative estimate of drug-likeness (QED) is 0.397. The van der Waals surface area contributed by atoms with Crippen LogP contribution in [0.25, 0.3) is 50.5 Å². The van der Waals surface area contributed by atoms with Crippen LogP contribution in [0.1, 0.15) is 0 Å². The van der Waals surface area contributed by atoms with Crippen LogP contribution in [0.2, 0.25) is 0 Å². The molecule has 36 heavy (non-hydrogen) atoms. The highest BCUT2D eigenvalue weighted by atomic mass is 16.4. The summed E-state index contributed by atoms with van der Waals surface area (Å²) >= 11 is 0. The van der Waals surface area contributed by atoms with Crippen molar-refractivity contribution in [2.75, 3.05) is 0 Å². The van der Waals surface area contributed by atoms with E-state index in [2.05, 4.69) is 15.3 Å². The fourth-order valence-electron chi connectivity index (χ4n) is 4.53. The molecule has 0 unspecified atom stereocenters. The monoisotopic (exact) mass is 483 g/mol. The molecule has 0 spiro atoms. The summed E-state index contributed by atoms with van der Waals surface area (Å²) in [6.07, 6.45) is 5.07. The molecule has 0 atom stereocenters. The maximum Gasteiger partial charge on any atom is 0.328 e. The van der Waals surface area contributed by atoms with Crippen LogP contribution in [0, 0.1) is 0 Å². The summed E-state index contributed by atoms with van der Waals surface area (Å²) in [5.74, 6) is -0.300. The van der Waals surface area contributed by atoms with Gasteiger partial charge in [-0.05, 0) is 30.3 Å². The van der Waals surface area contributed by atoms with Gasteiger partial charge >= 0.3 is 11.7 Å². The zero-order valence-electron chi connectivity index (χ0n) is 19.7. The number of imidazole rings is 3. The van der Waals surface area contributed by atoms with E-state index < -0.39 is 5.97 Å². The van der Waals surface area contributed by atoms with Gasteiger partial charge in [0.2, 0.25) is 0 Å². The minimum Gasteiger partial charge on any atom is -0.480 e. The van der Waals surface area contributed by atoms with E-state index in [1.807, 2.05) is 52.6 Å². The highest BCUT2D eigenvalue weighted by molar-refractivity contribution is 5.88. The van der Waals surface area contributed by atoms with Gasteiger partial charge in [0.1, 0.15) is 17.9 Å². The van der Waals surface area contributed by atoms with E-state index >= 15 is 0 Å². The number of carbonyl (C=O) groups is 1. The first-order valence-corrected chi connectivity index (χ1v) is 11.1. The van der Waals surface area contributed by atoms with E-state index in [4.69, 9.17) is 10.1 Å². The van der Waals surface area contributed by atoms with Gasteiger partial charge in [0, 0.05) is 32.4 Å². The van der Waals surface area contributed by atoms with Crippen LogP contribution < -0.4 is 5.69 Å². The van der Waals surface area contributed by atoms with Crippen LogP contribution in [0.15, 0.2) is 59.9 Å². The topological polar surface area (TPSA) is 131 Å². The molecule has 0 aliphatic rings. The lowest BCUT2D eigenvalue weighted by atomic mass is 10.1. The minimum absolute atomic E-state index is 0.0925.